The van der Waals surface area contributed by atoms with Crippen LogP contribution in [-0.2, 0) is 0 Å². The second kappa shape index (κ2) is 6.33. The van der Waals surface area contributed by atoms with E-state index in [1.54, 1.807) is 24.3 Å². The summed E-state index contributed by atoms with van der Waals surface area (Å²) in [5, 5.41) is 7.73. The smallest absolute Gasteiger partial charge is 0.248 e. The lowest BCUT2D eigenvalue weighted by Crippen LogP contribution is -2.10. The molecule has 0 unspecified atom stereocenters. The van der Waals surface area contributed by atoms with Crippen molar-refractivity contribution < 1.29 is 4.79 Å². The van der Waals surface area contributed by atoms with Crippen molar-refractivity contribution in [3.8, 4) is 11.3 Å². The zero-order valence-electron chi connectivity index (χ0n) is 14.2. The summed E-state index contributed by atoms with van der Waals surface area (Å²) in [5.74, 6) is 0.0297. The number of hydrogen-bond acceptors (Lipinski definition) is 4. The van der Waals surface area contributed by atoms with Crippen LogP contribution in [0.3, 0.4) is 0 Å². The van der Waals surface area contributed by atoms with E-state index in [0.717, 1.165) is 22.6 Å². The Kier molecular flexibility index (Phi) is 3.85. The van der Waals surface area contributed by atoms with Crippen LogP contribution in [0.5, 0.6) is 0 Å². The second-order valence-electron chi connectivity index (χ2n) is 6.05. The number of hydrogen-bond donors (Lipinski definition) is 2. The quantitative estimate of drug-likeness (QED) is 0.593. The zero-order valence-corrected chi connectivity index (χ0v) is 14.2. The number of pyridine rings is 1. The van der Waals surface area contributed by atoms with Crippen LogP contribution in [-0.4, -0.2) is 20.5 Å². The minimum absolute atomic E-state index is 0.454. The Morgan fingerprint density at radius 2 is 1.81 bits per heavy atom. The number of anilines is 2. The molecule has 2 aromatic carbocycles. The van der Waals surface area contributed by atoms with Gasteiger partial charge in [0.1, 0.15) is 0 Å². The number of nitrogens with one attached hydrogen (secondary N) is 1. The third-order valence-corrected chi connectivity index (χ3v) is 4.10. The van der Waals surface area contributed by atoms with E-state index in [9.17, 15) is 4.79 Å². The lowest BCUT2D eigenvalue weighted by Gasteiger charge is -2.05. The molecule has 4 rings (SSSR count). The highest BCUT2D eigenvalue weighted by Gasteiger charge is 2.09. The molecule has 4 aromatic rings. The van der Waals surface area contributed by atoms with Crippen molar-refractivity contribution in [3.63, 3.8) is 0 Å². The third-order valence-electron chi connectivity index (χ3n) is 4.10. The monoisotopic (exact) mass is 343 g/mol. The molecule has 3 N–H and O–H groups in total. The summed E-state index contributed by atoms with van der Waals surface area (Å²) in [4.78, 5) is 15.7. The molecule has 0 aliphatic carbocycles. The Balaban J connectivity index is 1.69. The van der Waals surface area contributed by atoms with Gasteiger partial charge >= 0.3 is 0 Å². The number of aromatic nitrogens is 3. The number of nitrogens with zero attached hydrogens (tertiary/aromatic N) is 3. The van der Waals surface area contributed by atoms with Gasteiger partial charge in [0.25, 0.3) is 0 Å². The van der Waals surface area contributed by atoms with Gasteiger partial charge in [-0.1, -0.05) is 29.8 Å². The molecule has 0 saturated heterocycles. The Morgan fingerprint density at radius 1 is 1.04 bits per heavy atom. The number of primary amides is 1. The summed E-state index contributed by atoms with van der Waals surface area (Å²) in [7, 11) is 0. The van der Waals surface area contributed by atoms with Crippen molar-refractivity contribution in [2.75, 3.05) is 5.32 Å². The molecule has 6 heteroatoms. The van der Waals surface area contributed by atoms with E-state index in [2.05, 4.69) is 40.5 Å². The van der Waals surface area contributed by atoms with Crippen LogP contribution in [0, 0.1) is 6.92 Å². The molecular formula is C20H17N5O. The van der Waals surface area contributed by atoms with Crippen LogP contribution in [0.2, 0.25) is 0 Å². The SMILES string of the molecule is Cc1cccc(-c2cccc3nc(Nc4ccc(C(N)=O)cc4)nn23)c1. The summed E-state index contributed by atoms with van der Waals surface area (Å²) in [6.45, 7) is 2.06. The Morgan fingerprint density at radius 3 is 2.54 bits per heavy atom. The summed E-state index contributed by atoms with van der Waals surface area (Å²) < 4.78 is 1.81. The number of fused-ring (bicyclic) bond motifs is 1. The van der Waals surface area contributed by atoms with Crippen LogP contribution in [0.25, 0.3) is 16.9 Å². The maximum Gasteiger partial charge on any atom is 0.248 e. The van der Waals surface area contributed by atoms with E-state index in [1.165, 1.54) is 5.56 Å². The third kappa shape index (κ3) is 3.00. The first-order valence-electron chi connectivity index (χ1n) is 8.20. The fourth-order valence-electron chi connectivity index (χ4n) is 2.83. The average Bonchev–Trinajstić information content (AvgIpc) is 3.04. The Bertz CT molecular complexity index is 1100. The van der Waals surface area contributed by atoms with Gasteiger partial charge in [-0.25, -0.2) is 4.52 Å². The molecule has 2 aromatic heterocycles. The number of rotatable bonds is 4. The molecule has 0 radical (unpaired) electrons. The van der Waals surface area contributed by atoms with Gasteiger partial charge in [0.05, 0.1) is 5.69 Å². The standard InChI is InChI=1S/C20H17N5O/c1-13-4-2-5-15(12-13)17-6-3-7-18-23-20(24-25(17)18)22-16-10-8-14(9-11-16)19(21)26/h2-12H,1H3,(H2,21,26)(H,22,24). The predicted octanol–water partition coefficient (Wildman–Crippen LogP) is 3.55. The summed E-state index contributed by atoms with van der Waals surface area (Å²) in [5.41, 5.74) is 10.5. The topological polar surface area (TPSA) is 85.3 Å². The van der Waals surface area contributed by atoms with E-state index in [0.29, 0.717) is 11.5 Å². The molecule has 128 valence electrons. The molecule has 0 spiro atoms. The van der Waals surface area contributed by atoms with Gasteiger partial charge in [0, 0.05) is 16.8 Å². The van der Waals surface area contributed by atoms with Gasteiger partial charge in [-0.15, -0.1) is 5.10 Å². The van der Waals surface area contributed by atoms with Crippen molar-refractivity contribution in [1.29, 1.82) is 0 Å². The predicted molar refractivity (Wildman–Crippen MR) is 101 cm³/mol. The summed E-state index contributed by atoms with van der Waals surface area (Å²) in [6, 6.07) is 21.0. The molecule has 0 aliphatic rings. The van der Waals surface area contributed by atoms with Crippen LogP contribution in [0.15, 0.2) is 66.7 Å². The first-order valence-corrected chi connectivity index (χ1v) is 8.20. The molecule has 1 amide bonds. The maximum atomic E-state index is 11.2. The first kappa shape index (κ1) is 15.8. The average molecular weight is 343 g/mol. The number of carbonyl (C=O) groups is 1. The highest BCUT2D eigenvalue weighted by atomic mass is 16.1. The number of carbonyl (C=O) groups excluding carboxylic acids is 1. The minimum Gasteiger partial charge on any atom is -0.366 e. The zero-order chi connectivity index (χ0) is 18.1. The molecule has 0 bridgehead atoms. The lowest BCUT2D eigenvalue weighted by atomic mass is 10.1. The number of amides is 1. The van der Waals surface area contributed by atoms with E-state index < -0.39 is 5.91 Å². The lowest BCUT2D eigenvalue weighted by molar-refractivity contribution is 0.100. The van der Waals surface area contributed by atoms with E-state index in [1.807, 2.05) is 28.8 Å². The van der Waals surface area contributed by atoms with Crippen molar-refractivity contribution in [2.45, 2.75) is 6.92 Å². The summed E-state index contributed by atoms with van der Waals surface area (Å²) >= 11 is 0. The molecule has 0 saturated carbocycles. The number of nitrogens with two attached hydrogens (primary N) is 1. The Hall–Kier alpha value is -3.67. The van der Waals surface area contributed by atoms with Crippen LogP contribution in [0.1, 0.15) is 15.9 Å². The van der Waals surface area contributed by atoms with Gasteiger partial charge in [0.2, 0.25) is 11.9 Å². The molecular weight excluding hydrogens is 326 g/mol. The van der Waals surface area contributed by atoms with Crippen LogP contribution < -0.4 is 11.1 Å². The minimum atomic E-state index is -0.454. The molecule has 2 heterocycles. The molecule has 0 atom stereocenters. The first-order chi connectivity index (χ1) is 12.6. The fourth-order valence-corrected chi connectivity index (χ4v) is 2.83. The van der Waals surface area contributed by atoms with Gasteiger partial charge in [-0.05, 0) is 49.4 Å². The number of benzene rings is 2. The van der Waals surface area contributed by atoms with E-state index >= 15 is 0 Å². The van der Waals surface area contributed by atoms with Crippen molar-refractivity contribution in [2.24, 2.45) is 5.73 Å². The summed E-state index contributed by atoms with van der Waals surface area (Å²) in [6.07, 6.45) is 0. The fraction of sp³-hybridized carbons (Fsp3) is 0.0500. The van der Waals surface area contributed by atoms with Crippen LogP contribution >= 0.6 is 0 Å². The molecule has 6 nitrogen and oxygen atoms in total. The molecule has 26 heavy (non-hydrogen) atoms. The van der Waals surface area contributed by atoms with E-state index in [-0.39, 0.29) is 0 Å². The highest BCUT2D eigenvalue weighted by Crippen LogP contribution is 2.23. The van der Waals surface area contributed by atoms with E-state index in [4.69, 9.17) is 5.73 Å². The van der Waals surface area contributed by atoms with Gasteiger partial charge < -0.3 is 11.1 Å². The van der Waals surface area contributed by atoms with Crippen molar-refractivity contribution in [1.82, 2.24) is 14.6 Å². The van der Waals surface area contributed by atoms with Crippen molar-refractivity contribution >= 4 is 23.2 Å². The van der Waals surface area contributed by atoms with Gasteiger partial charge in [-0.3, -0.25) is 4.79 Å². The largest absolute Gasteiger partial charge is 0.366 e. The molecule has 0 aliphatic heterocycles. The van der Waals surface area contributed by atoms with Crippen molar-refractivity contribution in [3.05, 3.63) is 77.9 Å². The number of aryl methyl sites for hydroxylation is 1. The highest BCUT2D eigenvalue weighted by molar-refractivity contribution is 5.93. The second-order valence-corrected chi connectivity index (χ2v) is 6.05. The van der Waals surface area contributed by atoms with Gasteiger partial charge in [-0.2, -0.15) is 4.98 Å². The Labute approximate surface area is 150 Å². The normalized spacial score (nSPS) is 10.8. The maximum absolute atomic E-state index is 11.2. The van der Waals surface area contributed by atoms with Crippen LogP contribution in [0.4, 0.5) is 11.6 Å². The van der Waals surface area contributed by atoms with Gasteiger partial charge in [0.15, 0.2) is 5.65 Å². The molecule has 0 fully saturated rings.